The van der Waals surface area contributed by atoms with E-state index in [1.165, 1.54) is 9.90 Å². The summed E-state index contributed by atoms with van der Waals surface area (Å²) in [6.45, 7) is 2.72. The quantitative estimate of drug-likeness (QED) is 0.439. The summed E-state index contributed by atoms with van der Waals surface area (Å²) >= 11 is 3.42. The molecule has 1 heterocycles. The number of rotatable bonds is 8. The largest absolute Gasteiger partial charge is 0.353 e. The number of thioether (sulfide) groups is 1. The van der Waals surface area contributed by atoms with E-state index in [9.17, 15) is 4.79 Å². The van der Waals surface area contributed by atoms with Crippen molar-refractivity contribution in [2.45, 2.75) is 31.1 Å². The number of hydrogen-bond acceptors (Lipinski definition) is 4. The van der Waals surface area contributed by atoms with E-state index >= 15 is 0 Å². The minimum atomic E-state index is -0.0379. The van der Waals surface area contributed by atoms with Crippen LogP contribution in [0.5, 0.6) is 0 Å². The van der Waals surface area contributed by atoms with Gasteiger partial charge in [0.05, 0.1) is 5.01 Å². The van der Waals surface area contributed by atoms with Gasteiger partial charge in [0.15, 0.2) is 0 Å². The lowest BCUT2D eigenvalue weighted by Crippen LogP contribution is -2.22. The number of nitrogens with zero attached hydrogens (tertiary/aromatic N) is 1. The van der Waals surface area contributed by atoms with Crippen molar-refractivity contribution in [2.24, 2.45) is 0 Å². The molecule has 0 aliphatic carbocycles. The van der Waals surface area contributed by atoms with Crippen LogP contribution in [0.3, 0.4) is 0 Å². The van der Waals surface area contributed by atoms with E-state index in [-0.39, 0.29) is 5.91 Å². The van der Waals surface area contributed by atoms with Crippen molar-refractivity contribution < 1.29 is 4.79 Å². The second kappa shape index (κ2) is 9.53. The molecule has 1 amide bonds. The van der Waals surface area contributed by atoms with Gasteiger partial charge in [-0.15, -0.1) is 23.1 Å². The number of hydrogen-bond donors (Lipinski definition) is 1. The fourth-order valence-corrected chi connectivity index (χ4v) is 3.30. The molecular weight excluding hydrogens is 324 g/mol. The predicted octanol–water partition coefficient (Wildman–Crippen LogP) is 4.33. The molecule has 1 aromatic heterocycles. The lowest BCUT2D eigenvalue weighted by atomic mass is 10.2. The van der Waals surface area contributed by atoms with Crippen LogP contribution in [0.4, 0.5) is 0 Å². The summed E-state index contributed by atoms with van der Waals surface area (Å²) in [4.78, 5) is 17.4. The molecule has 2 rings (SSSR count). The number of carbonyl (C=O) groups excluding carboxylic acids is 1. The zero-order chi connectivity index (χ0) is 16.5. The summed E-state index contributed by atoms with van der Waals surface area (Å²) in [6.07, 6.45) is 8.50. The number of amides is 1. The third kappa shape index (κ3) is 6.59. The highest BCUT2D eigenvalue weighted by Gasteiger charge is 1.99. The highest BCUT2D eigenvalue weighted by Crippen LogP contribution is 2.15. The lowest BCUT2D eigenvalue weighted by Gasteiger charge is -2.01. The van der Waals surface area contributed by atoms with Crippen molar-refractivity contribution >= 4 is 35.1 Å². The molecule has 0 aliphatic rings. The highest BCUT2D eigenvalue weighted by molar-refractivity contribution is 7.98. The monoisotopic (exact) mass is 346 g/mol. The van der Waals surface area contributed by atoms with Crippen LogP contribution in [0.2, 0.25) is 0 Å². The molecule has 1 aromatic carbocycles. The van der Waals surface area contributed by atoms with Crippen molar-refractivity contribution in [3.63, 3.8) is 0 Å². The molecule has 2 aromatic rings. The van der Waals surface area contributed by atoms with Gasteiger partial charge in [-0.25, -0.2) is 4.98 Å². The summed E-state index contributed by atoms with van der Waals surface area (Å²) in [5, 5.41) is 6.18. The number of aromatic nitrogens is 1. The van der Waals surface area contributed by atoms with Crippen molar-refractivity contribution in [3.8, 4) is 0 Å². The second-order valence-electron chi connectivity index (χ2n) is 5.24. The summed E-state index contributed by atoms with van der Waals surface area (Å²) in [5.74, 6) is -0.0379. The van der Waals surface area contributed by atoms with Gasteiger partial charge in [-0.05, 0) is 56.2 Å². The van der Waals surface area contributed by atoms with E-state index in [0.717, 1.165) is 30.5 Å². The maximum Gasteiger partial charge on any atom is 0.243 e. The third-order valence-electron chi connectivity index (χ3n) is 3.33. The Morgan fingerprint density at radius 2 is 2.09 bits per heavy atom. The Balaban J connectivity index is 1.63. The molecule has 1 N–H and O–H groups in total. The average molecular weight is 347 g/mol. The van der Waals surface area contributed by atoms with Gasteiger partial charge in [0.2, 0.25) is 5.91 Å². The standard InChI is InChI=1S/C18H22N2OS2/c1-14-13-23-18(20-14)5-3-4-12-19-17(21)11-8-15-6-9-16(22-2)10-7-15/h6-11,13H,3-5,12H2,1-2H3,(H,19,21)/b11-8+. The molecule has 0 bridgehead atoms. The first kappa shape index (κ1) is 17.8. The van der Waals surface area contributed by atoms with Crippen molar-refractivity contribution in [2.75, 3.05) is 12.8 Å². The number of benzene rings is 1. The fraction of sp³-hybridized carbons (Fsp3) is 0.333. The van der Waals surface area contributed by atoms with Crippen molar-refractivity contribution in [1.29, 1.82) is 0 Å². The molecule has 5 heteroatoms. The second-order valence-corrected chi connectivity index (χ2v) is 7.06. The molecule has 0 saturated heterocycles. The van der Waals surface area contributed by atoms with Gasteiger partial charge in [0, 0.05) is 28.6 Å². The first-order chi connectivity index (χ1) is 11.2. The van der Waals surface area contributed by atoms with Gasteiger partial charge >= 0.3 is 0 Å². The molecule has 0 atom stereocenters. The van der Waals surface area contributed by atoms with Crippen LogP contribution in [0, 0.1) is 6.92 Å². The van der Waals surface area contributed by atoms with Gasteiger partial charge in [0.25, 0.3) is 0 Å². The van der Waals surface area contributed by atoms with Crippen molar-refractivity contribution in [1.82, 2.24) is 10.3 Å². The van der Waals surface area contributed by atoms with Gasteiger partial charge in [0.1, 0.15) is 0 Å². The number of aryl methyl sites for hydroxylation is 2. The molecule has 3 nitrogen and oxygen atoms in total. The van der Waals surface area contributed by atoms with E-state index in [4.69, 9.17) is 0 Å². The molecule has 0 saturated carbocycles. The molecule has 0 unspecified atom stereocenters. The molecule has 0 aliphatic heterocycles. The first-order valence-electron chi connectivity index (χ1n) is 7.68. The predicted molar refractivity (Wildman–Crippen MR) is 100 cm³/mol. The summed E-state index contributed by atoms with van der Waals surface area (Å²) < 4.78 is 0. The first-order valence-corrected chi connectivity index (χ1v) is 9.79. The zero-order valence-corrected chi connectivity index (χ0v) is 15.2. The summed E-state index contributed by atoms with van der Waals surface area (Å²) in [5.41, 5.74) is 2.13. The molecule has 23 heavy (non-hydrogen) atoms. The Morgan fingerprint density at radius 1 is 1.30 bits per heavy atom. The normalized spacial score (nSPS) is 11.0. The van der Waals surface area contributed by atoms with E-state index in [0.29, 0.717) is 6.54 Å². The Bertz CT molecular complexity index is 647. The van der Waals surface area contributed by atoms with Crippen LogP contribution in [-0.2, 0) is 11.2 Å². The Morgan fingerprint density at radius 3 is 2.74 bits per heavy atom. The number of carbonyl (C=O) groups is 1. The fourth-order valence-electron chi connectivity index (χ4n) is 2.08. The van der Waals surface area contributed by atoms with Gasteiger partial charge < -0.3 is 5.32 Å². The number of thiazole rings is 1. The number of unbranched alkanes of at least 4 members (excludes halogenated alkanes) is 1. The van der Waals surface area contributed by atoms with Crippen molar-refractivity contribution in [3.05, 3.63) is 52.0 Å². The molecule has 0 fully saturated rings. The third-order valence-corrected chi connectivity index (χ3v) is 5.10. The molecule has 0 spiro atoms. The van der Waals surface area contributed by atoms with Crippen LogP contribution in [0.1, 0.15) is 29.1 Å². The van der Waals surface area contributed by atoms with E-state index in [1.807, 2.05) is 31.4 Å². The molecule has 0 radical (unpaired) electrons. The smallest absolute Gasteiger partial charge is 0.243 e. The van der Waals surface area contributed by atoms with E-state index in [1.54, 1.807) is 29.2 Å². The molecular formula is C18H22N2OS2. The van der Waals surface area contributed by atoms with E-state index < -0.39 is 0 Å². The highest BCUT2D eigenvalue weighted by atomic mass is 32.2. The Labute approximate surface area is 146 Å². The van der Waals surface area contributed by atoms with Crippen LogP contribution < -0.4 is 5.32 Å². The zero-order valence-electron chi connectivity index (χ0n) is 13.5. The average Bonchev–Trinajstić information content (AvgIpc) is 2.98. The minimum absolute atomic E-state index is 0.0379. The van der Waals surface area contributed by atoms with Crippen LogP contribution in [-0.4, -0.2) is 23.7 Å². The number of nitrogens with one attached hydrogen (secondary N) is 1. The Hall–Kier alpha value is -1.59. The van der Waals surface area contributed by atoms with Gasteiger partial charge in [-0.3, -0.25) is 4.79 Å². The Kier molecular flexibility index (Phi) is 7.36. The van der Waals surface area contributed by atoms with Crippen LogP contribution in [0.25, 0.3) is 6.08 Å². The maximum atomic E-state index is 11.8. The summed E-state index contributed by atoms with van der Waals surface area (Å²) in [7, 11) is 0. The van der Waals surface area contributed by atoms with Crippen LogP contribution >= 0.6 is 23.1 Å². The van der Waals surface area contributed by atoms with Gasteiger partial charge in [-0.2, -0.15) is 0 Å². The van der Waals surface area contributed by atoms with Gasteiger partial charge in [-0.1, -0.05) is 12.1 Å². The maximum absolute atomic E-state index is 11.8. The SMILES string of the molecule is CSc1ccc(/C=C/C(=O)NCCCCc2nc(C)cs2)cc1. The molecule has 122 valence electrons. The minimum Gasteiger partial charge on any atom is -0.353 e. The topological polar surface area (TPSA) is 42.0 Å². The van der Waals surface area contributed by atoms with Crippen LogP contribution in [0.15, 0.2) is 40.6 Å². The summed E-state index contributed by atoms with van der Waals surface area (Å²) in [6, 6.07) is 8.16. The lowest BCUT2D eigenvalue weighted by molar-refractivity contribution is -0.116. The van der Waals surface area contributed by atoms with E-state index in [2.05, 4.69) is 27.8 Å².